The second-order valence-corrected chi connectivity index (χ2v) is 4.60. The van der Waals surface area contributed by atoms with Gasteiger partial charge in [-0.1, -0.05) is 17.7 Å². The molecule has 0 aromatic heterocycles. The largest absolute Gasteiger partial charge is 0.282 e. The van der Waals surface area contributed by atoms with Gasteiger partial charge in [-0.25, -0.2) is 12.8 Å². The molecule has 1 N–H and O–H groups in total. The minimum absolute atomic E-state index is 0.0455. The van der Waals surface area contributed by atoms with Crippen LogP contribution in [0.4, 0.5) is 10.1 Å². The second-order valence-electron chi connectivity index (χ2n) is 2.48. The van der Waals surface area contributed by atoms with Gasteiger partial charge in [0.1, 0.15) is 10.8 Å². The average Bonchev–Trinajstić information content (AvgIpc) is 1.96. The first-order valence-electron chi connectivity index (χ1n) is 3.32. The molecule has 3 nitrogen and oxygen atoms in total. The number of sulfonamides is 1. The lowest BCUT2D eigenvalue weighted by atomic mass is 10.3. The van der Waals surface area contributed by atoms with E-state index >= 15 is 0 Å². The first-order valence-corrected chi connectivity index (χ1v) is 5.59. The van der Waals surface area contributed by atoms with Crippen molar-refractivity contribution in [1.82, 2.24) is 0 Å². The van der Waals surface area contributed by atoms with Gasteiger partial charge in [0.2, 0.25) is 10.0 Å². The number of nitrogens with one attached hydrogen (secondary N) is 1. The van der Waals surface area contributed by atoms with E-state index in [-0.39, 0.29) is 10.7 Å². The summed E-state index contributed by atoms with van der Waals surface area (Å²) < 4.78 is 36.4. The second kappa shape index (κ2) is 3.51. The van der Waals surface area contributed by atoms with Crippen molar-refractivity contribution < 1.29 is 12.8 Å². The van der Waals surface area contributed by atoms with Gasteiger partial charge in [0.15, 0.2) is 0 Å². The van der Waals surface area contributed by atoms with Crippen molar-refractivity contribution in [2.75, 3.05) is 11.0 Å². The van der Waals surface area contributed by atoms with E-state index in [1.165, 1.54) is 12.1 Å². The summed E-state index contributed by atoms with van der Waals surface area (Å²) in [4.78, 5) is 0. The third-order valence-electron chi connectivity index (χ3n) is 1.25. The van der Waals surface area contributed by atoms with E-state index in [9.17, 15) is 12.8 Å². The van der Waals surface area contributed by atoms with E-state index in [4.69, 9.17) is 11.6 Å². The Kier molecular flexibility index (Phi) is 2.77. The van der Waals surface area contributed by atoms with Crippen molar-refractivity contribution in [3.8, 4) is 0 Å². The van der Waals surface area contributed by atoms with Crippen LogP contribution in [0.2, 0.25) is 5.02 Å². The predicted octanol–water partition coefficient (Wildman–Crippen LogP) is 1.85. The molecule has 13 heavy (non-hydrogen) atoms. The molecule has 0 bridgehead atoms. The molecule has 72 valence electrons. The van der Waals surface area contributed by atoms with Gasteiger partial charge < -0.3 is 0 Å². The number of hydrogen-bond acceptors (Lipinski definition) is 2. The topological polar surface area (TPSA) is 46.2 Å². The summed E-state index contributed by atoms with van der Waals surface area (Å²) in [6.45, 7) is 0. The Bertz CT molecular complexity index is 419. The third kappa shape index (κ3) is 2.86. The van der Waals surface area contributed by atoms with Crippen molar-refractivity contribution in [3.63, 3.8) is 0 Å². The van der Waals surface area contributed by atoms with Gasteiger partial charge >= 0.3 is 0 Å². The minimum atomic E-state index is -3.42. The van der Waals surface area contributed by atoms with E-state index in [1.807, 2.05) is 0 Å². The lowest BCUT2D eigenvalue weighted by Crippen LogP contribution is -2.10. The van der Waals surface area contributed by atoms with Crippen LogP contribution >= 0.6 is 11.6 Å². The highest BCUT2D eigenvalue weighted by Gasteiger charge is 2.08. The number of benzene rings is 1. The summed E-state index contributed by atoms with van der Waals surface area (Å²) in [6.07, 6.45) is 0.967. The third-order valence-corrected chi connectivity index (χ3v) is 2.22. The number of hydrogen-bond donors (Lipinski definition) is 1. The fraction of sp³-hybridized carbons (Fsp3) is 0.143. The molecule has 0 aliphatic heterocycles. The monoisotopic (exact) mass is 223 g/mol. The predicted molar refractivity (Wildman–Crippen MR) is 49.9 cm³/mol. The first kappa shape index (κ1) is 10.3. The first-order chi connectivity index (χ1) is 5.90. The Balaban J connectivity index is 3.10. The fourth-order valence-electron chi connectivity index (χ4n) is 0.782. The maximum atomic E-state index is 12.8. The van der Waals surface area contributed by atoms with Crippen LogP contribution in [-0.2, 0) is 10.0 Å². The molecule has 0 saturated carbocycles. The molecule has 0 atom stereocenters. The Morgan fingerprint density at radius 1 is 1.46 bits per heavy atom. The van der Waals surface area contributed by atoms with Crippen molar-refractivity contribution in [1.29, 1.82) is 0 Å². The zero-order valence-electron chi connectivity index (χ0n) is 6.71. The van der Waals surface area contributed by atoms with Crippen molar-refractivity contribution in [2.24, 2.45) is 0 Å². The highest BCUT2D eigenvalue weighted by molar-refractivity contribution is 7.92. The summed E-state index contributed by atoms with van der Waals surface area (Å²) in [7, 11) is -3.42. The molecule has 0 unspecified atom stereocenters. The lowest BCUT2D eigenvalue weighted by molar-refractivity contribution is 0.606. The standard InChI is InChI=1S/C7H7ClFNO2S/c1-13(11,12)10-6-4-2-3-5(9)7(6)8/h2-4,10H,1H3. The van der Waals surface area contributed by atoms with E-state index < -0.39 is 15.8 Å². The zero-order chi connectivity index (χ0) is 10.1. The van der Waals surface area contributed by atoms with Crippen LogP contribution in [0.25, 0.3) is 0 Å². The molecule has 6 heteroatoms. The normalized spacial score (nSPS) is 11.3. The smallest absolute Gasteiger partial charge is 0.229 e. The molecule has 0 amide bonds. The molecule has 0 saturated heterocycles. The maximum absolute atomic E-state index is 12.8. The van der Waals surface area contributed by atoms with Crippen LogP contribution in [0.3, 0.4) is 0 Å². The summed E-state index contributed by atoms with van der Waals surface area (Å²) in [5.74, 6) is -0.657. The van der Waals surface area contributed by atoms with Crippen molar-refractivity contribution in [2.45, 2.75) is 0 Å². The highest BCUT2D eigenvalue weighted by atomic mass is 35.5. The number of anilines is 1. The van der Waals surface area contributed by atoms with Gasteiger partial charge in [-0.05, 0) is 12.1 Å². The zero-order valence-corrected chi connectivity index (χ0v) is 8.29. The molecule has 0 heterocycles. The lowest BCUT2D eigenvalue weighted by Gasteiger charge is -2.05. The van der Waals surface area contributed by atoms with Crippen molar-refractivity contribution in [3.05, 3.63) is 29.0 Å². The Hall–Kier alpha value is -0.810. The Morgan fingerprint density at radius 3 is 2.62 bits per heavy atom. The molecule has 1 aromatic carbocycles. The molecule has 1 rings (SSSR count). The van der Waals surface area contributed by atoms with Crippen LogP contribution in [0.1, 0.15) is 0 Å². The van der Waals surface area contributed by atoms with Gasteiger partial charge in [-0.15, -0.1) is 0 Å². The summed E-state index contributed by atoms with van der Waals surface area (Å²) in [5, 5.41) is -0.229. The van der Waals surface area contributed by atoms with Gasteiger partial charge in [0, 0.05) is 0 Å². The molecule has 0 fully saturated rings. The van der Waals surface area contributed by atoms with Gasteiger partial charge in [-0.3, -0.25) is 4.72 Å². The van der Waals surface area contributed by atoms with Crippen LogP contribution in [0.15, 0.2) is 18.2 Å². The molecule has 0 aliphatic carbocycles. The van der Waals surface area contributed by atoms with Gasteiger partial charge in [-0.2, -0.15) is 0 Å². The summed E-state index contributed by atoms with van der Waals surface area (Å²) in [6, 6.07) is 3.90. The summed E-state index contributed by atoms with van der Waals surface area (Å²) >= 11 is 5.50. The van der Waals surface area contributed by atoms with Gasteiger partial charge in [0.25, 0.3) is 0 Å². The average molecular weight is 224 g/mol. The molecule has 0 radical (unpaired) electrons. The highest BCUT2D eigenvalue weighted by Crippen LogP contribution is 2.24. The molecular weight excluding hydrogens is 217 g/mol. The number of rotatable bonds is 2. The van der Waals surface area contributed by atoms with Gasteiger partial charge in [0.05, 0.1) is 11.9 Å². The van der Waals surface area contributed by atoms with E-state index in [2.05, 4.69) is 4.72 Å². The molecule has 1 aromatic rings. The Morgan fingerprint density at radius 2 is 2.08 bits per heavy atom. The van der Waals surface area contributed by atoms with Crippen LogP contribution in [-0.4, -0.2) is 14.7 Å². The molecule has 0 spiro atoms. The van der Waals surface area contributed by atoms with E-state index in [1.54, 1.807) is 0 Å². The van der Waals surface area contributed by atoms with E-state index in [0.717, 1.165) is 12.3 Å². The molecule has 0 aliphatic rings. The Labute approximate surface area is 80.6 Å². The van der Waals surface area contributed by atoms with Crippen LogP contribution in [0, 0.1) is 5.82 Å². The number of halogens is 2. The molecular formula is C7H7ClFNO2S. The quantitative estimate of drug-likeness (QED) is 0.832. The minimum Gasteiger partial charge on any atom is -0.282 e. The maximum Gasteiger partial charge on any atom is 0.229 e. The summed E-state index contributed by atoms with van der Waals surface area (Å²) in [5.41, 5.74) is 0.0455. The SMILES string of the molecule is CS(=O)(=O)Nc1cccc(F)c1Cl. The van der Waals surface area contributed by atoms with Crippen LogP contribution < -0.4 is 4.72 Å². The fourth-order valence-corrected chi connectivity index (χ4v) is 1.58. The van der Waals surface area contributed by atoms with Crippen LogP contribution in [0.5, 0.6) is 0 Å². The van der Waals surface area contributed by atoms with E-state index in [0.29, 0.717) is 0 Å². The van der Waals surface area contributed by atoms with Crippen molar-refractivity contribution >= 4 is 27.3 Å².